The number of quaternary nitrogens is 1. The van der Waals surface area contributed by atoms with Gasteiger partial charge in [-0.1, -0.05) is 13.3 Å². The van der Waals surface area contributed by atoms with Crippen molar-refractivity contribution < 1.29 is 25.5 Å². The van der Waals surface area contributed by atoms with E-state index in [2.05, 4.69) is 12.7 Å². The van der Waals surface area contributed by atoms with E-state index in [0.29, 0.717) is 6.42 Å². The predicted octanol–water partition coefficient (Wildman–Crippen LogP) is -2.61. The molecular formula is C10H19MgN2O4-. The second-order valence-electron chi connectivity index (χ2n) is 3.41. The van der Waals surface area contributed by atoms with E-state index in [-0.39, 0.29) is 23.1 Å². The minimum Gasteiger partial charge on any atom is -0.670 e. The topological polar surface area (TPSA) is 132 Å². The maximum absolute atomic E-state index is 10.1. The Morgan fingerprint density at radius 1 is 1.29 bits per heavy atom. The van der Waals surface area contributed by atoms with Gasteiger partial charge in [0.1, 0.15) is 0 Å². The first-order valence-electron chi connectivity index (χ1n) is 5.08. The maximum atomic E-state index is 10.1. The van der Waals surface area contributed by atoms with Gasteiger partial charge in [-0.05, 0) is 12.8 Å². The molecule has 0 saturated heterocycles. The molecule has 96 valence electrons. The number of carboxylic acids is 2. The van der Waals surface area contributed by atoms with Crippen LogP contribution in [-0.2, 0) is 9.59 Å². The number of hydrogen-bond donors (Lipinski definition) is 1. The number of unbranched alkanes of at least 4 members (excludes halogenated alkanes) is 1. The Morgan fingerprint density at radius 2 is 1.71 bits per heavy atom. The molecule has 0 amide bonds. The van der Waals surface area contributed by atoms with Crippen LogP contribution in [0.4, 0.5) is 0 Å². The fourth-order valence-electron chi connectivity index (χ4n) is 0.685. The third-order valence-corrected chi connectivity index (χ3v) is 1.74. The number of carbonyl (C=O) groups excluding carboxylic acids is 2. The molecule has 7 heteroatoms. The Labute approximate surface area is 118 Å². The summed E-state index contributed by atoms with van der Waals surface area (Å²) in [5, 5.41) is 19.5. The third kappa shape index (κ3) is 18.2. The standard InChI is InChI=1S/C7H14NO2.C3H6NO2.Mg/c1-6(7(9)10)4-2-3-5-8;1-2(4)3(5)6;/h6H,1-5,8H2,(H,9,10);2,4H,1H3,(H,5,6);/q2*-1;+2/p-1/t6-;2-;/m00./s1. The SMILES string of the molecule is C[C@H]([NH-])C(=O)[O-].[CH2-][C@@H](CCCC[NH3+])C(=O)[O-].[Mg+2]. The molecule has 0 aliphatic carbocycles. The molecule has 0 unspecified atom stereocenters. The van der Waals surface area contributed by atoms with Gasteiger partial charge in [-0.25, -0.2) is 0 Å². The van der Waals surface area contributed by atoms with Crippen LogP contribution >= 0.6 is 0 Å². The molecule has 0 aliphatic rings. The number of rotatable bonds is 6. The minimum absolute atomic E-state index is 0. The average Bonchev–Trinajstić information content (AvgIpc) is 2.18. The van der Waals surface area contributed by atoms with Gasteiger partial charge in [0.15, 0.2) is 0 Å². The smallest absolute Gasteiger partial charge is 0.670 e. The molecule has 0 radical (unpaired) electrons. The predicted molar refractivity (Wildman–Crippen MR) is 60.0 cm³/mol. The number of hydrogen-bond acceptors (Lipinski definition) is 4. The van der Waals surface area contributed by atoms with E-state index in [1.807, 2.05) is 0 Å². The van der Waals surface area contributed by atoms with Crippen molar-refractivity contribution in [2.45, 2.75) is 32.2 Å². The average molecular weight is 256 g/mol. The van der Waals surface area contributed by atoms with Gasteiger partial charge in [0.2, 0.25) is 0 Å². The van der Waals surface area contributed by atoms with Crippen LogP contribution in [0.2, 0.25) is 0 Å². The summed E-state index contributed by atoms with van der Waals surface area (Å²) >= 11 is 0. The van der Waals surface area contributed by atoms with E-state index in [0.717, 1.165) is 19.4 Å². The Morgan fingerprint density at radius 3 is 1.94 bits per heavy atom. The molecule has 0 aromatic rings. The molecule has 2 atom stereocenters. The molecule has 0 aromatic heterocycles. The molecule has 17 heavy (non-hydrogen) atoms. The fraction of sp³-hybridized carbons (Fsp3) is 0.700. The van der Waals surface area contributed by atoms with Gasteiger partial charge in [0.25, 0.3) is 0 Å². The Bertz CT molecular complexity index is 212. The van der Waals surface area contributed by atoms with Crippen molar-refractivity contribution in [2.24, 2.45) is 5.92 Å². The first-order valence-corrected chi connectivity index (χ1v) is 5.08. The van der Waals surface area contributed by atoms with Crippen molar-refractivity contribution in [3.05, 3.63) is 12.7 Å². The molecule has 6 nitrogen and oxygen atoms in total. The molecular weight excluding hydrogens is 236 g/mol. The summed E-state index contributed by atoms with van der Waals surface area (Å²) in [6.45, 7) is 5.53. The van der Waals surface area contributed by atoms with Gasteiger partial charge in [-0.3, -0.25) is 0 Å². The molecule has 0 saturated carbocycles. The summed E-state index contributed by atoms with van der Waals surface area (Å²) in [6, 6.07) is -1.09. The maximum Gasteiger partial charge on any atom is 2.00 e. The molecule has 0 bridgehead atoms. The second-order valence-corrected chi connectivity index (χ2v) is 3.41. The zero-order valence-electron chi connectivity index (χ0n) is 10.2. The summed E-state index contributed by atoms with van der Waals surface area (Å²) in [4.78, 5) is 19.5. The van der Waals surface area contributed by atoms with Crippen LogP contribution < -0.4 is 15.9 Å². The minimum atomic E-state index is -1.32. The quantitative estimate of drug-likeness (QED) is 0.316. The first-order chi connectivity index (χ1) is 7.32. The Balaban J connectivity index is -0.000000244. The zero-order valence-corrected chi connectivity index (χ0v) is 11.7. The first kappa shape index (κ1) is 21.9. The van der Waals surface area contributed by atoms with Gasteiger partial charge in [0, 0.05) is 11.9 Å². The number of carbonyl (C=O) groups is 2. The van der Waals surface area contributed by atoms with E-state index in [9.17, 15) is 19.8 Å². The van der Waals surface area contributed by atoms with Crippen molar-refractivity contribution in [3.8, 4) is 0 Å². The van der Waals surface area contributed by atoms with Crippen LogP contribution in [0.25, 0.3) is 5.73 Å². The Hall–Kier alpha value is -0.374. The van der Waals surface area contributed by atoms with Crippen molar-refractivity contribution in [1.29, 1.82) is 0 Å². The molecule has 0 fully saturated rings. The van der Waals surface area contributed by atoms with Gasteiger partial charge < -0.3 is 38.2 Å². The van der Waals surface area contributed by atoms with E-state index in [1.165, 1.54) is 6.92 Å². The molecule has 4 N–H and O–H groups in total. The van der Waals surface area contributed by atoms with Gasteiger partial charge in [-0.2, -0.15) is 0 Å². The van der Waals surface area contributed by atoms with Crippen LogP contribution in [0, 0.1) is 12.8 Å². The number of aliphatic carboxylic acids is 2. The summed E-state index contributed by atoms with van der Waals surface area (Å²) in [7, 11) is 0. The molecule has 0 aliphatic heterocycles. The number of nitrogens with one attached hydrogen (secondary N) is 1. The van der Waals surface area contributed by atoms with Crippen LogP contribution in [0.3, 0.4) is 0 Å². The van der Waals surface area contributed by atoms with Gasteiger partial charge >= 0.3 is 23.1 Å². The van der Waals surface area contributed by atoms with Crippen LogP contribution in [0.15, 0.2) is 0 Å². The van der Waals surface area contributed by atoms with Crippen LogP contribution in [0.1, 0.15) is 26.2 Å². The summed E-state index contributed by atoms with van der Waals surface area (Å²) in [6.07, 6.45) is 2.46. The van der Waals surface area contributed by atoms with Crippen LogP contribution in [0.5, 0.6) is 0 Å². The van der Waals surface area contributed by atoms with E-state index < -0.39 is 23.9 Å². The van der Waals surface area contributed by atoms with Crippen molar-refractivity contribution in [1.82, 2.24) is 0 Å². The largest absolute Gasteiger partial charge is 2.00 e. The monoisotopic (exact) mass is 255 g/mol. The van der Waals surface area contributed by atoms with Crippen molar-refractivity contribution in [3.63, 3.8) is 0 Å². The summed E-state index contributed by atoms with van der Waals surface area (Å²) < 4.78 is 0. The molecule has 0 aromatic carbocycles. The van der Waals surface area contributed by atoms with Gasteiger partial charge in [0.05, 0.1) is 6.54 Å². The molecule has 0 rings (SSSR count). The molecule has 0 spiro atoms. The van der Waals surface area contributed by atoms with E-state index >= 15 is 0 Å². The van der Waals surface area contributed by atoms with E-state index in [4.69, 9.17) is 5.73 Å². The normalized spacial score (nSPS) is 12.5. The third-order valence-electron chi connectivity index (χ3n) is 1.74. The van der Waals surface area contributed by atoms with E-state index in [1.54, 1.807) is 0 Å². The molecule has 0 heterocycles. The van der Waals surface area contributed by atoms with Gasteiger partial charge in [-0.15, -0.1) is 12.0 Å². The van der Waals surface area contributed by atoms with Crippen molar-refractivity contribution >= 4 is 35.0 Å². The Kier molecular flexibility index (Phi) is 17.6. The van der Waals surface area contributed by atoms with Crippen molar-refractivity contribution in [2.75, 3.05) is 6.54 Å². The summed E-state index contributed by atoms with van der Waals surface area (Å²) in [5.74, 6) is -2.93. The second kappa shape index (κ2) is 13.7. The fourth-order valence-corrected chi connectivity index (χ4v) is 0.685. The summed E-state index contributed by atoms with van der Waals surface area (Å²) in [5.41, 5.74) is 10.0. The zero-order chi connectivity index (χ0) is 13.1. The van der Waals surface area contributed by atoms with Crippen LogP contribution in [-0.4, -0.2) is 47.6 Å². The number of carboxylic acid groups (broad SMARTS) is 2.